The topological polar surface area (TPSA) is 160 Å². The van der Waals surface area contributed by atoms with E-state index in [4.69, 9.17) is 16.3 Å². The first-order chi connectivity index (χ1) is 25.7. The van der Waals surface area contributed by atoms with Gasteiger partial charge in [0.1, 0.15) is 27.7 Å². The number of hydrogen-bond acceptors (Lipinski definition) is 9. The number of aryl methyl sites for hydroxylation is 1. The van der Waals surface area contributed by atoms with Gasteiger partial charge in [0.25, 0.3) is 21.6 Å². The van der Waals surface area contributed by atoms with Crippen LogP contribution in [0.3, 0.4) is 0 Å². The third-order valence-electron chi connectivity index (χ3n) is 9.90. The molecule has 0 bridgehead atoms. The predicted octanol–water partition coefficient (Wildman–Crippen LogP) is 8.49. The van der Waals surface area contributed by atoms with Gasteiger partial charge in [0, 0.05) is 54.1 Å². The molecule has 0 saturated heterocycles. The van der Waals surface area contributed by atoms with Gasteiger partial charge >= 0.3 is 0 Å². The normalized spacial score (nSPS) is 16.3. The molecule has 1 aliphatic carbocycles. The maximum atomic E-state index is 13.8. The highest BCUT2D eigenvalue weighted by Crippen LogP contribution is 2.44. The first-order valence-corrected chi connectivity index (χ1v) is 19.4. The van der Waals surface area contributed by atoms with Crippen LogP contribution in [0.15, 0.2) is 95.7 Å². The fourth-order valence-electron chi connectivity index (χ4n) is 7.06. The minimum atomic E-state index is -4.55. The fraction of sp³-hybridized carbons (Fsp3) is 0.275. The number of ether oxygens (including phenoxy) is 1. The van der Waals surface area contributed by atoms with Crippen molar-refractivity contribution >= 4 is 55.4 Å². The maximum Gasteiger partial charge on any atom is 0.283 e. The molecular formula is C40H39ClN6O6S. The molecule has 14 heteroatoms. The summed E-state index contributed by atoms with van der Waals surface area (Å²) >= 11 is 6.21. The van der Waals surface area contributed by atoms with Gasteiger partial charge < -0.3 is 9.72 Å². The van der Waals surface area contributed by atoms with Crippen molar-refractivity contribution in [1.82, 2.24) is 24.6 Å². The molecule has 0 radical (unpaired) electrons. The van der Waals surface area contributed by atoms with E-state index in [9.17, 15) is 23.3 Å². The second kappa shape index (κ2) is 14.8. The molecule has 0 atom stereocenters. The highest BCUT2D eigenvalue weighted by atomic mass is 35.5. The first-order valence-electron chi connectivity index (χ1n) is 17.6. The zero-order valence-electron chi connectivity index (χ0n) is 30.1. The molecule has 7 rings (SSSR count). The van der Waals surface area contributed by atoms with Crippen molar-refractivity contribution in [3.8, 4) is 11.5 Å². The van der Waals surface area contributed by atoms with E-state index in [0.29, 0.717) is 17.9 Å². The summed E-state index contributed by atoms with van der Waals surface area (Å²) in [4.78, 5) is 37.4. The number of sulfonamides is 1. The van der Waals surface area contributed by atoms with Gasteiger partial charge in [0.15, 0.2) is 0 Å². The zero-order valence-corrected chi connectivity index (χ0v) is 31.6. The van der Waals surface area contributed by atoms with Crippen molar-refractivity contribution in [2.45, 2.75) is 51.3 Å². The van der Waals surface area contributed by atoms with Crippen LogP contribution in [0.1, 0.15) is 66.8 Å². The van der Waals surface area contributed by atoms with Gasteiger partial charge in [-0.25, -0.2) is 23.1 Å². The molecule has 0 fully saturated rings. The molecule has 2 N–H and O–H groups in total. The number of pyridine rings is 2. The van der Waals surface area contributed by atoms with Crippen molar-refractivity contribution in [2.24, 2.45) is 5.41 Å². The van der Waals surface area contributed by atoms with Crippen molar-refractivity contribution in [2.75, 3.05) is 19.6 Å². The maximum absolute atomic E-state index is 13.8. The molecule has 5 aromatic rings. The Bertz CT molecular complexity index is 2460. The Morgan fingerprint density at radius 1 is 1.07 bits per heavy atom. The number of nitrogens with one attached hydrogen (secondary N) is 2. The molecule has 1 amide bonds. The lowest BCUT2D eigenvalue weighted by atomic mass is 9.72. The molecule has 0 saturated carbocycles. The number of carbonyl (C=O) groups excluding carboxylic acids is 1. The van der Waals surface area contributed by atoms with Gasteiger partial charge in [-0.05, 0) is 96.7 Å². The van der Waals surface area contributed by atoms with Crippen LogP contribution in [0.5, 0.6) is 11.5 Å². The largest absolute Gasteiger partial charge is 0.454 e. The number of allylic oxidation sites excluding steroid dienone is 1. The minimum absolute atomic E-state index is 0.0152. The number of carbonyl (C=O) groups is 1. The van der Waals surface area contributed by atoms with Crippen molar-refractivity contribution in [1.29, 1.82) is 0 Å². The minimum Gasteiger partial charge on any atom is -0.454 e. The Hall–Kier alpha value is -5.37. The van der Waals surface area contributed by atoms with Crippen LogP contribution in [0.4, 0.5) is 5.69 Å². The Labute approximate surface area is 318 Å². The van der Waals surface area contributed by atoms with Crippen LogP contribution in [-0.4, -0.2) is 58.7 Å². The summed E-state index contributed by atoms with van der Waals surface area (Å²) in [5.74, 6) is -0.834. The predicted molar refractivity (Wildman–Crippen MR) is 208 cm³/mol. The number of nitro groups is 1. The first kappa shape index (κ1) is 37.0. The Morgan fingerprint density at radius 3 is 2.59 bits per heavy atom. The summed E-state index contributed by atoms with van der Waals surface area (Å²) in [5, 5.41) is 12.9. The molecule has 3 aromatic heterocycles. The summed E-state index contributed by atoms with van der Waals surface area (Å²) in [5.41, 5.74) is 6.14. The monoisotopic (exact) mass is 766 g/mol. The van der Waals surface area contributed by atoms with Gasteiger partial charge in [-0.1, -0.05) is 55.3 Å². The summed E-state index contributed by atoms with van der Waals surface area (Å²) < 4.78 is 35.8. The Balaban J connectivity index is 1.16. The average Bonchev–Trinajstić information content (AvgIpc) is 3.60. The van der Waals surface area contributed by atoms with Gasteiger partial charge in [0.05, 0.1) is 11.1 Å². The molecule has 0 spiro atoms. The lowest BCUT2D eigenvalue weighted by Gasteiger charge is -2.36. The van der Waals surface area contributed by atoms with E-state index in [1.54, 1.807) is 24.4 Å². The zero-order chi connectivity index (χ0) is 38.2. The summed E-state index contributed by atoms with van der Waals surface area (Å²) in [7, 11) is -4.55. The number of fused-ring (bicyclic) bond motifs is 1. The number of amides is 1. The van der Waals surface area contributed by atoms with Crippen molar-refractivity contribution < 1.29 is 22.9 Å². The van der Waals surface area contributed by atoms with Gasteiger partial charge in [-0.2, -0.15) is 0 Å². The van der Waals surface area contributed by atoms with E-state index in [0.717, 1.165) is 66.4 Å². The lowest BCUT2D eigenvalue weighted by molar-refractivity contribution is -0.385. The highest BCUT2D eigenvalue weighted by molar-refractivity contribution is 7.90. The molecule has 4 heterocycles. The van der Waals surface area contributed by atoms with E-state index >= 15 is 0 Å². The quantitative estimate of drug-likeness (QED) is 0.105. The fourth-order valence-corrected chi connectivity index (χ4v) is 8.26. The van der Waals surface area contributed by atoms with Crippen LogP contribution >= 0.6 is 11.6 Å². The second-order valence-electron chi connectivity index (χ2n) is 14.5. The third kappa shape index (κ3) is 8.23. The van der Waals surface area contributed by atoms with Crippen molar-refractivity contribution in [3.05, 3.63) is 128 Å². The molecule has 278 valence electrons. The Kier molecular flexibility index (Phi) is 10.1. The number of halogens is 1. The smallest absolute Gasteiger partial charge is 0.283 e. The third-order valence-corrected chi connectivity index (χ3v) is 11.5. The van der Waals surface area contributed by atoms with E-state index in [1.807, 2.05) is 22.9 Å². The second-order valence-corrected chi connectivity index (χ2v) is 16.6. The van der Waals surface area contributed by atoms with E-state index in [1.165, 1.54) is 42.0 Å². The SMILES string of the molecule is Cc1cc([N+](=O)[O-])cc(C(=O)NS(=O)(=O)c2ccc(C3=CCN(CC4=C(c5ccc(Cl)cc5)CC(C)(C)CC4)CC3)cc2Oc2cnc3[nH]ccc3c2)n1. The lowest BCUT2D eigenvalue weighted by Crippen LogP contribution is -2.32. The number of nitrogens with zero attached hydrogens (tertiary/aromatic N) is 4. The van der Waals surface area contributed by atoms with Crippen LogP contribution in [0, 0.1) is 22.5 Å². The van der Waals surface area contributed by atoms with Gasteiger partial charge in [-0.15, -0.1) is 0 Å². The van der Waals surface area contributed by atoms with E-state index in [-0.39, 0.29) is 27.4 Å². The van der Waals surface area contributed by atoms with Gasteiger partial charge in [-0.3, -0.25) is 19.8 Å². The number of H-pyrrole nitrogens is 1. The Morgan fingerprint density at radius 2 is 1.85 bits per heavy atom. The number of hydrogen-bond donors (Lipinski definition) is 2. The number of aromatic nitrogens is 3. The van der Waals surface area contributed by atoms with Crippen LogP contribution in [-0.2, 0) is 10.0 Å². The summed E-state index contributed by atoms with van der Waals surface area (Å²) in [6, 6.07) is 18.5. The highest BCUT2D eigenvalue weighted by Gasteiger charge is 2.30. The molecular weight excluding hydrogens is 728 g/mol. The van der Waals surface area contributed by atoms with Crippen LogP contribution < -0.4 is 9.46 Å². The van der Waals surface area contributed by atoms with E-state index in [2.05, 4.69) is 51.9 Å². The number of benzene rings is 2. The number of rotatable bonds is 10. The van der Waals surface area contributed by atoms with E-state index < -0.39 is 26.5 Å². The molecule has 2 aliphatic rings. The molecule has 2 aromatic carbocycles. The average molecular weight is 767 g/mol. The standard InChI is InChI=1S/C40H39ClN6O6S/c1-25-18-32(47(49)50)21-35(44-25)39(48)45-54(51,52)37-9-6-28(20-36(37)53-33-19-29-11-15-42-38(29)43-23-33)26-12-16-46(17-13-26)24-30-10-14-40(2,3)22-34(30)27-4-7-31(41)8-5-27/h4-9,11-12,15,18-21,23H,10,13-14,16-17,22,24H2,1-3H3,(H,42,43)(H,45,48). The number of aromatic amines is 1. The van der Waals surface area contributed by atoms with Crippen LogP contribution in [0.2, 0.25) is 5.02 Å². The molecule has 12 nitrogen and oxygen atoms in total. The van der Waals surface area contributed by atoms with Gasteiger partial charge in [0.2, 0.25) is 0 Å². The summed E-state index contributed by atoms with van der Waals surface area (Å²) in [6.45, 7) is 8.50. The van der Waals surface area contributed by atoms with Crippen LogP contribution in [0.25, 0.3) is 22.2 Å². The molecule has 1 aliphatic heterocycles. The molecule has 0 unspecified atom stereocenters. The summed E-state index contributed by atoms with van der Waals surface area (Å²) in [6.07, 6.45) is 9.27. The van der Waals surface area contributed by atoms with Crippen molar-refractivity contribution in [3.63, 3.8) is 0 Å². The molecule has 54 heavy (non-hydrogen) atoms.